The van der Waals surface area contributed by atoms with Gasteiger partial charge in [0, 0.05) is 22.1 Å². The molecule has 0 spiro atoms. The molecule has 1 aliphatic rings. The maximum absolute atomic E-state index is 5.80. The SMILES string of the molecule is NCCCN1c2ccccc2N=C(c2cccc(Br)c2)c2ccccc21. The number of aliphatic imine (C=N–C) groups is 1. The Hall–Kier alpha value is -2.43. The molecule has 26 heavy (non-hydrogen) atoms. The Morgan fingerprint density at radius 1 is 0.885 bits per heavy atom. The average molecular weight is 406 g/mol. The molecule has 0 aliphatic carbocycles. The summed E-state index contributed by atoms with van der Waals surface area (Å²) in [6.45, 7) is 1.53. The molecule has 4 rings (SSSR count). The zero-order chi connectivity index (χ0) is 17.9. The zero-order valence-electron chi connectivity index (χ0n) is 14.4. The second-order valence-corrected chi connectivity index (χ2v) is 7.19. The van der Waals surface area contributed by atoms with Gasteiger partial charge in [0.25, 0.3) is 0 Å². The van der Waals surface area contributed by atoms with Crippen LogP contribution in [-0.4, -0.2) is 18.8 Å². The minimum absolute atomic E-state index is 0.667. The van der Waals surface area contributed by atoms with E-state index >= 15 is 0 Å². The number of rotatable bonds is 4. The number of nitrogens with zero attached hydrogens (tertiary/aromatic N) is 2. The predicted octanol–water partition coefficient (Wildman–Crippen LogP) is 5.42. The van der Waals surface area contributed by atoms with Gasteiger partial charge in [-0.2, -0.15) is 0 Å². The number of nitrogens with two attached hydrogens (primary N) is 1. The van der Waals surface area contributed by atoms with Gasteiger partial charge in [-0.05, 0) is 43.3 Å². The number of benzene rings is 3. The molecule has 1 aliphatic heterocycles. The number of hydrogen-bond acceptors (Lipinski definition) is 3. The average Bonchev–Trinajstić information content (AvgIpc) is 2.81. The van der Waals surface area contributed by atoms with Gasteiger partial charge < -0.3 is 10.6 Å². The fourth-order valence-electron chi connectivity index (χ4n) is 3.35. The number of hydrogen-bond donors (Lipinski definition) is 1. The Bertz CT molecular complexity index is 965. The summed E-state index contributed by atoms with van der Waals surface area (Å²) in [5.41, 5.74) is 12.3. The Morgan fingerprint density at radius 3 is 2.46 bits per heavy atom. The molecular weight excluding hydrogens is 386 g/mol. The van der Waals surface area contributed by atoms with Crippen LogP contribution in [-0.2, 0) is 0 Å². The van der Waals surface area contributed by atoms with Crippen molar-refractivity contribution < 1.29 is 0 Å². The lowest BCUT2D eigenvalue weighted by atomic mass is 10.00. The standard InChI is InChI=1S/C22H20BrN3/c23-17-8-5-7-16(15-17)22-18-9-1-3-11-20(18)26(14-6-13-24)21-12-4-2-10-19(21)25-22/h1-5,7-12,15H,6,13-14,24H2. The Balaban J connectivity index is 1.96. The highest BCUT2D eigenvalue weighted by molar-refractivity contribution is 9.10. The van der Waals surface area contributed by atoms with E-state index in [0.29, 0.717) is 6.54 Å². The molecule has 0 fully saturated rings. The molecule has 0 radical (unpaired) electrons. The summed E-state index contributed by atoms with van der Waals surface area (Å²) < 4.78 is 1.05. The van der Waals surface area contributed by atoms with Crippen LogP contribution in [0.15, 0.2) is 82.3 Å². The highest BCUT2D eigenvalue weighted by Crippen LogP contribution is 2.40. The number of halogens is 1. The van der Waals surface area contributed by atoms with E-state index in [4.69, 9.17) is 10.7 Å². The van der Waals surface area contributed by atoms with Crippen molar-refractivity contribution in [3.05, 3.63) is 88.4 Å². The Labute approximate surface area is 162 Å². The molecule has 3 aromatic rings. The van der Waals surface area contributed by atoms with Crippen molar-refractivity contribution in [1.82, 2.24) is 0 Å². The molecule has 0 aromatic heterocycles. The first kappa shape index (κ1) is 17.0. The van der Waals surface area contributed by atoms with Gasteiger partial charge in [0.15, 0.2) is 0 Å². The minimum atomic E-state index is 0.667. The van der Waals surface area contributed by atoms with Crippen molar-refractivity contribution in [2.45, 2.75) is 6.42 Å². The highest BCUT2D eigenvalue weighted by atomic mass is 79.9. The fourth-order valence-corrected chi connectivity index (χ4v) is 3.75. The van der Waals surface area contributed by atoms with Crippen LogP contribution in [0.4, 0.5) is 17.1 Å². The molecular formula is C22H20BrN3. The van der Waals surface area contributed by atoms with Crippen LogP contribution >= 0.6 is 15.9 Å². The van der Waals surface area contributed by atoms with E-state index in [9.17, 15) is 0 Å². The van der Waals surface area contributed by atoms with Crippen molar-refractivity contribution in [3.8, 4) is 0 Å². The van der Waals surface area contributed by atoms with E-state index in [-0.39, 0.29) is 0 Å². The van der Waals surface area contributed by atoms with Gasteiger partial charge in [0.2, 0.25) is 0 Å². The topological polar surface area (TPSA) is 41.6 Å². The zero-order valence-corrected chi connectivity index (χ0v) is 16.0. The van der Waals surface area contributed by atoms with Crippen LogP contribution in [0, 0.1) is 0 Å². The van der Waals surface area contributed by atoms with E-state index in [1.165, 1.54) is 5.69 Å². The number of fused-ring (bicyclic) bond motifs is 2. The summed E-state index contributed by atoms with van der Waals surface area (Å²) in [6, 6.07) is 25.1. The number of para-hydroxylation sites is 3. The number of anilines is 2. The normalized spacial score (nSPS) is 12.8. The summed E-state index contributed by atoms with van der Waals surface area (Å²) in [4.78, 5) is 7.41. The lowest BCUT2D eigenvalue weighted by molar-refractivity contribution is 0.818. The first-order valence-electron chi connectivity index (χ1n) is 8.78. The van der Waals surface area contributed by atoms with E-state index in [1.807, 2.05) is 18.2 Å². The third-order valence-corrected chi connectivity index (χ3v) is 5.03. The molecule has 3 aromatic carbocycles. The molecule has 0 saturated carbocycles. The van der Waals surface area contributed by atoms with Gasteiger partial charge in [0.05, 0.1) is 22.8 Å². The molecule has 130 valence electrons. The maximum atomic E-state index is 5.80. The second-order valence-electron chi connectivity index (χ2n) is 6.27. The monoisotopic (exact) mass is 405 g/mol. The van der Waals surface area contributed by atoms with Crippen LogP contribution < -0.4 is 10.6 Å². The van der Waals surface area contributed by atoms with Crippen molar-refractivity contribution in [2.24, 2.45) is 10.7 Å². The lowest BCUT2D eigenvalue weighted by Gasteiger charge is -2.26. The maximum Gasteiger partial charge on any atom is 0.0874 e. The van der Waals surface area contributed by atoms with Crippen molar-refractivity contribution in [3.63, 3.8) is 0 Å². The first-order valence-corrected chi connectivity index (χ1v) is 9.58. The molecule has 4 heteroatoms. The smallest absolute Gasteiger partial charge is 0.0874 e. The quantitative estimate of drug-likeness (QED) is 0.629. The molecule has 0 bridgehead atoms. The van der Waals surface area contributed by atoms with Gasteiger partial charge in [-0.25, -0.2) is 4.99 Å². The van der Waals surface area contributed by atoms with Crippen LogP contribution in [0.5, 0.6) is 0 Å². The van der Waals surface area contributed by atoms with Crippen molar-refractivity contribution in [2.75, 3.05) is 18.0 Å². The van der Waals surface area contributed by atoms with Crippen LogP contribution in [0.2, 0.25) is 0 Å². The Morgan fingerprint density at radius 2 is 1.65 bits per heavy atom. The van der Waals surface area contributed by atoms with Crippen LogP contribution in [0.3, 0.4) is 0 Å². The highest BCUT2D eigenvalue weighted by Gasteiger charge is 2.23. The van der Waals surface area contributed by atoms with E-state index in [1.54, 1.807) is 0 Å². The molecule has 3 nitrogen and oxygen atoms in total. The van der Waals surface area contributed by atoms with Gasteiger partial charge in [-0.1, -0.05) is 58.4 Å². The minimum Gasteiger partial charge on any atom is -0.339 e. The first-order chi connectivity index (χ1) is 12.8. The summed E-state index contributed by atoms with van der Waals surface area (Å²) in [7, 11) is 0. The predicted molar refractivity (Wildman–Crippen MR) is 113 cm³/mol. The third-order valence-electron chi connectivity index (χ3n) is 4.54. The summed E-state index contributed by atoms with van der Waals surface area (Å²) in [5, 5.41) is 0. The van der Waals surface area contributed by atoms with Crippen LogP contribution in [0.25, 0.3) is 0 Å². The van der Waals surface area contributed by atoms with Gasteiger partial charge >= 0.3 is 0 Å². The molecule has 0 atom stereocenters. The lowest BCUT2D eigenvalue weighted by Crippen LogP contribution is -2.22. The van der Waals surface area contributed by atoms with Gasteiger partial charge in [-0.3, -0.25) is 0 Å². The summed E-state index contributed by atoms with van der Waals surface area (Å²) in [6.07, 6.45) is 0.925. The molecule has 2 N–H and O–H groups in total. The van der Waals surface area contributed by atoms with E-state index in [0.717, 1.165) is 45.7 Å². The van der Waals surface area contributed by atoms with E-state index in [2.05, 4.69) is 75.4 Å². The largest absolute Gasteiger partial charge is 0.339 e. The third kappa shape index (κ3) is 3.18. The van der Waals surface area contributed by atoms with Crippen molar-refractivity contribution in [1.29, 1.82) is 0 Å². The summed E-state index contributed by atoms with van der Waals surface area (Å²) >= 11 is 3.59. The molecule has 0 unspecified atom stereocenters. The molecule has 0 amide bonds. The van der Waals surface area contributed by atoms with Gasteiger partial charge in [-0.15, -0.1) is 0 Å². The van der Waals surface area contributed by atoms with Gasteiger partial charge in [0.1, 0.15) is 0 Å². The molecule has 1 heterocycles. The van der Waals surface area contributed by atoms with Crippen LogP contribution in [0.1, 0.15) is 17.5 Å². The fraction of sp³-hybridized carbons (Fsp3) is 0.136. The Kier molecular flexibility index (Phi) is 4.87. The van der Waals surface area contributed by atoms with E-state index < -0.39 is 0 Å². The van der Waals surface area contributed by atoms with Crippen molar-refractivity contribution >= 4 is 38.7 Å². The second kappa shape index (κ2) is 7.44. The molecule has 0 saturated heterocycles. The summed E-state index contributed by atoms with van der Waals surface area (Å²) in [5.74, 6) is 0.